The number of nitrogens with zero attached hydrogens (tertiary/aromatic N) is 11. The fraction of sp³-hybridized carbons (Fsp3) is 0.462. The van der Waals surface area contributed by atoms with Crippen LogP contribution in [0, 0.1) is 19.3 Å². The van der Waals surface area contributed by atoms with Crippen molar-refractivity contribution in [3.05, 3.63) is 98.9 Å². The molecule has 3 fully saturated rings. The van der Waals surface area contributed by atoms with E-state index in [0.29, 0.717) is 48.6 Å². The molecule has 1 aliphatic carbocycles. The monoisotopic (exact) mass is 1030 g/mol. The maximum absolute atomic E-state index is 14.2. The van der Waals surface area contributed by atoms with Crippen LogP contribution >= 0.6 is 11.3 Å². The number of carbonyl (C=O) groups is 5. The molecule has 21 nitrogen and oxygen atoms in total. The summed E-state index contributed by atoms with van der Waals surface area (Å²) in [6.45, 7) is 13.0. The normalized spacial score (nSPS) is 17.7. The Morgan fingerprint density at radius 1 is 0.932 bits per heavy atom. The van der Waals surface area contributed by atoms with Gasteiger partial charge in [0.25, 0.3) is 11.5 Å². The van der Waals surface area contributed by atoms with Gasteiger partial charge in [-0.05, 0) is 67.9 Å². The summed E-state index contributed by atoms with van der Waals surface area (Å²) in [7, 11) is 0. The van der Waals surface area contributed by atoms with Crippen molar-refractivity contribution in [1.29, 1.82) is 0 Å². The number of fused-ring (bicyclic) bond motifs is 1. The molecular weight excluding hydrogens is 965 g/mol. The standard InChI is InChI=1S/C52H62N14O7S/c1-30-38-26-55-51(59-46(38)66(35-9-7-8-10-35)49(72)43(30)32(3)67)57-41-16-15-36(25-53-41)62-19-21-63(22-20-62)42(69)17-18-64-28-39(60-61-64)47(70)58-45(52(4,5)6)50(73)65-27-37(68)23-40(65)48(71)54-24-33-11-13-34(14-12-33)44-31(2)56-29-74-44/h11-16,25-26,28-29,35,37,40,45,68H,7-10,17-24,27H2,1-6H3,(H,54,71)(H,58,70)(H,53,55,57,59)/t37-,40+,45-/m1/s1. The Morgan fingerprint density at radius 2 is 1.68 bits per heavy atom. The topological polar surface area (TPSA) is 256 Å². The second kappa shape index (κ2) is 21.6. The quantitative estimate of drug-likeness (QED) is 0.101. The number of Topliss-reactive ketones (excluding diaryl/α,β-unsaturated/α-hetero) is 1. The molecule has 9 rings (SSSR count). The molecule has 388 valence electrons. The van der Waals surface area contributed by atoms with Gasteiger partial charge in [-0.2, -0.15) is 4.98 Å². The van der Waals surface area contributed by atoms with Gasteiger partial charge >= 0.3 is 0 Å². The number of piperazine rings is 1. The summed E-state index contributed by atoms with van der Waals surface area (Å²) in [6.07, 6.45) is 7.81. The zero-order valence-corrected chi connectivity index (χ0v) is 43.3. The van der Waals surface area contributed by atoms with Crippen LogP contribution in [0.4, 0.5) is 17.5 Å². The zero-order chi connectivity index (χ0) is 52.4. The van der Waals surface area contributed by atoms with Gasteiger partial charge in [0, 0.05) is 69.7 Å². The maximum Gasteiger partial charge on any atom is 0.274 e. The molecule has 22 heteroatoms. The van der Waals surface area contributed by atoms with Crippen LogP contribution in [0.1, 0.15) is 110 Å². The van der Waals surface area contributed by atoms with Crippen molar-refractivity contribution in [2.24, 2.45) is 5.41 Å². The molecular formula is C52H62N14O7S. The van der Waals surface area contributed by atoms with Crippen LogP contribution in [-0.2, 0) is 27.5 Å². The summed E-state index contributed by atoms with van der Waals surface area (Å²) in [5.41, 5.74) is 5.66. The third kappa shape index (κ3) is 11.1. The average Bonchev–Trinajstić information content (AvgIpc) is 4.24. The number of hydrogen-bond acceptors (Lipinski definition) is 16. The van der Waals surface area contributed by atoms with E-state index in [2.05, 4.69) is 46.1 Å². The number of nitrogens with one attached hydrogen (secondary N) is 3. The second-order valence-electron chi connectivity index (χ2n) is 20.5. The van der Waals surface area contributed by atoms with Crippen molar-refractivity contribution in [2.75, 3.05) is 42.9 Å². The van der Waals surface area contributed by atoms with Crippen LogP contribution < -0.4 is 26.4 Å². The molecule has 4 N–H and O–H groups in total. The number of aromatic nitrogens is 8. The third-order valence-corrected chi connectivity index (χ3v) is 15.2. The van der Waals surface area contributed by atoms with Gasteiger partial charge in [0.15, 0.2) is 11.5 Å². The van der Waals surface area contributed by atoms with Crippen molar-refractivity contribution < 1.29 is 29.1 Å². The minimum Gasteiger partial charge on any atom is -0.391 e. The summed E-state index contributed by atoms with van der Waals surface area (Å²) in [4.78, 5) is 105. The first-order valence-corrected chi connectivity index (χ1v) is 26.0. The van der Waals surface area contributed by atoms with Crippen molar-refractivity contribution >= 4 is 69.2 Å². The van der Waals surface area contributed by atoms with Crippen LogP contribution in [0.25, 0.3) is 21.5 Å². The van der Waals surface area contributed by atoms with Crippen LogP contribution in [0.2, 0.25) is 0 Å². The molecule has 74 heavy (non-hydrogen) atoms. The third-order valence-electron chi connectivity index (χ3n) is 14.2. The van der Waals surface area contributed by atoms with Crippen molar-refractivity contribution in [1.82, 2.24) is 59.9 Å². The molecule has 6 aromatic rings. The number of pyridine rings is 2. The number of benzene rings is 1. The van der Waals surface area contributed by atoms with Crippen LogP contribution in [0.5, 0.6) is 0 Å². The van der Waals surface area contributed by atoms with Gasteiger partial charge in [0.1, 0.15) is 23.5 Å². The van der Waals surface area contributed by atoms with Crippen molar-refractivity contribution in [3.8, 4) is 10.4 Å². The molecule has 5 aromatic heterocycles. The number of amides is 4. The lowest BCUT2D eigenvalue weighted by atomic mass is 9.85. The smallest absolute Gasteiger partial charge is 0.274 e. The average molecular weight is 1030 g/mol. The Bertz CT molecular complexity index is 3130. The van der Waals surface area contributed by atoms with Gasteiger partial charge in [-0.15, -0.1) is 16.4 Å². The summed E-state index contributed by atoms with van der Waals surface area (Å²) in [5, 5.41) is 28.4. The Balaban J connectivity index is 0.750. The first kappa shape index (κ1) is 51.4. The predicted molar refractivity (Wildman–Crippen MR) is 278 cm³/mol. The number of rotatable bonds is 15. The second-order valence-corrected chi connectivity index (χ2v) is 21.3. The van der Waals surface area contributed by atoms with E-state index in [1.165, 1.54) is 22.7 Å². The lowest BCUT2D eigenvalue weighted by molar-refractivity contribution is -0.142. The molecule has 1 aromatic carbocycles. The summed E-state index contributed by atoms with van der Waals surface area (Å²) >= 11 is 1.56. The molecule has 0 bridgehead atoms. The van der Waals surface area contributed by atoms with Gasteiger partial charge in [0.05, 0.1) is 52.4 Å². The van der Waals surface area contributed by atoms with E-state index in [-0.39, 0.29) is 73.0 Å². The molecule has 3 atom stereocenters. The van der Waals surface area contributed by atoms with Gasteiger partial charge < -0.3 is 35.8 Å². The number of β-amino-alcohol motifs (C(OH)–C–C–N with tert-alkyl or cyclic N) is 1. The number of carbonyl (C=O) groups excluding carboxylic acids is 5. The van der Waals surface area contributed by atoms with E-state index in [1.54, 1.807) is 66.4 Å². The Hall–Kier alpha value is -7.46. The molecule has 0 spiro atoms. The number of likely N-dealkylation sites (tertiary alicyclic amines) is 1. The highest BCUT2D eigenvalue weighted by molar-refractivity contribution is 7.13. The van der Waals surface area contributed by atoms with E-state index in [9.17, 15) is 33.9 Å². The molecule has 2 saturated heterocycles. The van der Waals surface area contributed by atoms with Crippen LogP contribution in [0.3, 0.4) is 0 Å². The van der Waals surface area contributed by atoms with Crippen LogP contribution in [-0.4, -0.2) is 135 Å². The largest absolute Gasteiger partial charge is 0.391 e. The van der Waals surface area contributed by atoms with E-state index >= 15 is 0 Å². The highest BCUT2D eigenvalue weighted by Gasteiger charge is 2.45. The lowest BCUT2D eigenvalue weighted by Gasteiger charge is -2.36. The van der Waals surface area contributed by atoms with Crippen molar-refractivity contribution in [2.45, 2.75) is 117 Å². The number of ketones is 1. The van der Waals surface area contributed by atoms with Crippen molar-refractivity contribution in [3.63, 3.8) is 0 Å². The molecule has 0 unspecified atom stereocenters. The number of anilines is 3. The van der Waals surface area contributed by atoms with E-state index in [1.807, 2.05) is 43.3 Å². The zero-order valence-electron chi connectivity index (χ0n) is 42.5. The number of aliphatic hydroxyl groups excluding tert-OH is 1. The first-order valence-electron chi connectivity index (χ1n) is 25.1. The fourth-order valence-electron chi connectivity index (χ4n) is 10.1. The Kier molecular flexibility index (Phi) is 15.0. The van der Waals surface area contributed by atoms with E-state index in [0.717, 1.165) is 53.1 Å². The minimum atomic E-state index is -1.07. The molecule has 4 amide bonds. The summed E-state index contributed by atoms with van der Waals surface area (Å²) < 4.78 is 3.10. The molecule has 0 radical (unpaired) electrons. The highest BCUT2D eigenvalue weighted by Crippen LogP contribution is 2.33. The predicted octanol–water partition coefficient (Wildman–Crippen LogP) is 4.74. The molecule has 3 aliphatic rings. The first-order chi connectivity index (χ1) is 35.4. The molecule has 2 aliphatic heterocycles. The van der Waals surface area contributed by atoms with Gasteiger partial charge in [-0.1, -0.05) is 63.1 Å². The number of hydrogen-bond donors (Lipinski definition) is 4. The number of aryl methyl sites for hydroxylation is 3. The van der Waals surface area contributed by atoms with Crippen LogP contribution in [0.15, 0.2) is 65.3 Å². The lowest BCUT2D eigenvalue weighted by Crippen LogP contribution is -2.57. The fourth-order valence-corrected chi connectivity index (χ4v) is 11.0. The summed E-state index contributed by atoms with van der Waals surface area (Å²) in [6, 6.07) is 9.54. The SMILES string of the molecule is CC(=O)c1c(C)c2cnc(Nc3ccc(N4CCN(C(=O)CCn5cc(C(=O)N[C@H](C(=O)N6C[C@H](O)C[C@H]6C(=O)NCc6ccc(-c7scnc7C)cc6)C(C)(C)C)nn5)CC4)cn3)nc2n(C2CCCC2)c1=O. The number of thiazole rings is 1. The van der Waals surface area contributed by atoms with Gasteiger partial charge in [0.2, 0.25) is 23.7 Å². The number of aliphatic hydroxyl groups is 1. The van der Waals surface area contributed by atoms with E-state index in [4.69, 9.17) is 4.98 Å². The Labute approximate surface area is 431 Å². The minimum absolute atomic E-state index is 0.0333. The van der Waals surface area contributed by atoms with Gasteiger partial charge in [-0.25, -0.2) is 15.0 Å². The van der Waals surface area contributed by atoms with Gasteiger partial charge in [-0.3, -0.25) is 38.0 Å². The van der Waals surface area contributed by atoms with E-state index < -0.39 is 41.3 Å². The Morgan fingerprint density at radius 3 is 2.34 bits per heavy atom. The molecule has 1 saturated carbocycles. The summed E-state index contributed by atoms with van der Waals surface area (Å²) in [5.74, 6) is -1.10. The molecule has 7 heterocycles. The maximum atomic E-state index is 14.2. The highest BCUT2D eigenvalue weighted by atomic mass is 32.1.